The van der Waals surface area contributed by atoms with Gasteiger partial charge in [-0.1, -0.05) is 37.8 Å². The average Bonchev–Trinajstić information content (AvgIpc) is 2.72. The quantitative estimate of drug-likeness (QED) is 0.829. The van der Waals surface area contributed by atoms with E-state index in [1.54, 1.807) is 0 Å². The van der Waals surface area contributed by atoms with Crippen LogP contribution in [0.5, 0.6) is 0 Å². The van der Waals surface area contributed by atoms with E-state index in [0.717, 1.165) is 37.8 Å². The number of rotatable bonds is 3. The fourth-order valence-electron chi connectivity index (χ4n) is 2.75. The number of hydrogen-bond donors (Lipinski definition) is 1. The van der Waals surface area contributed by atoms with Crippen LogP contribution in [-0.4, -0.2) is 6.04 Å². The fourth-order valence-corrected chi connectivity index (χ4v) is 2.75. The van der Waals surface area contributed by atoms with Gasteiger partial charge in [-0.15, -0.1) is 0 Å². The molecule has 0 saturated heterocycles. The van der Waals surface area contributed by atoms with Crippen molar-refractivity contribution >= 4 is 0 Å². The van der Waals surface area contributed by atoms with E-state index in [1.807, 2.05) is 0 Å². The molecule has 0 bridgehead atoms. The molecule has 0 spiro atoms. The maximum atomic E-state index is 12.5. The van der Waals surface area contributed by atoms with Gasteiger partial charge < -0.3 is 0 Å². The molecule has 1 unspecified atom stereocenters. The van der Waals surface area contributed by atoms with Crippen LogP contribution < -0.4 is 5.32 Å². The molecule has 114 valence electrons. The van der Waals surface area contributed by atoms with Gasteiger partial charge in [-0.25, -0.2) is 0 Å². The van der Waals surface area contributed by atoms with Crippen LogP contribution in [-0.2, 0) is 6.18 Å². The lowest BCUT2D eigenvalue weighted by Gasteiger charge is -2.21. The van der Waals surface area contributed by atoms with Crippen molar-refractivity contribution in [2.24, 2.45) is 0 Å². The third-order valence-electron chi connectivity index (χ3n) is 3.96. The zero-order valence-electron chi connectivity index (χ0n) is 11.8. The Morgan fingerprint density at radius 1 is 1.05 bits per heavy atom. The van der Waals surface area contributed by atoms with Gasteiger partial charge in [0.25, 0.3) is 0 Å². The third kappa shape index (κ3) is 4.47. The van der Waals surface area contributed by atoms with Crippen LogP contribution in [0.3, 0.4) is 0 Å². The van der Waals surface area contributed by atoms with E-state index >= 15 is 0 Å². The molecule has 21 heavy (non-hydrogen) atoms. The first-order chi connectivity index (χ1) is 10.0. The van der Waals surface area contributed by atoms with Crippen molar-refractivity contribution in [3.63, 3.8) is 0 Å². The molecule has 1 aromatic rings. The molecule has 1 atom stereocenters. The van der Waals surface area contributed by atoms with Gasteiger partial charge in [0.15, 0.2) is 0 Å². The Labute approximate surface area is 123 Å². The minimum absolute atomic E-state index is 0.277. The molecule has 1 saturated carbocycles. The maximum absolute atomic E-state index is 12.5. The summed E-state index contributed by atoms with van der Waals surface area (Å²) in [5, 5.41) is 12.6. The second-order valence-corrected chi connectivity index (χ2v) is 5.54. The number of halogens is 3. The lowest BCUT2D eigenvalue weighted by atomic mass is 10.0. The van der Waals surface area contributed by atoms with Gasteiger partial charge in [0.05, 0.1) is 11.6 Å². The molecule has 1 aromatic carbocycles. The number of nitriles is 1. The summed E-state index contributed by atoms with van der Waals surface area (Å²) in [7, 11) is 0. The van der Waals surface area contributed by atoms with Crippen molar-refractivity contribution in [1.29, 1.82) is 5.26 Å². The standard InChI is InChI=1S/C16H19F3N2/c17-16(18,19)13-9-7-12(8-10-13)15(11-20)21-14-5-3-1-2-4-6-14/h7-10,14-15,21H,1-6H2. The molecule has 0 aromatic heterocycles. The van der Waals surface area contributed by atoms with Crippen molar-refractivity contribution in [3.05, 3.63) is 35.4 Å². The molecule has 5 heteroatoms. The Bertz CT molecular complexity index is 480. The summed E-state index contributed by atoms with van der Waals surface area (Å²) in [6.45, 7) is 0. The number of nitrogens with zero attached hydrogens (tertiary/aromatic N) is 1. The molecule has 1 N–H and O–H groups in total. The Balaban J connectivity index is 2.05. The third-order valence-corrected chi connectivity index (χ3v) is 3.96. The van der Waals surface area contributed by atoms with E-state index in [-0.39, 0.29) is 6.04 Å². The number of benzene rings is 1. The Morgan fingerprint density at radius 3 is 2.10 bits per heavy atom. The summed E-state index contributed by atoms with van der Waals surface area (Å²) in [6.07, 6.45) is 2.43. The van der Waals surface area contributed by atoms with Crippen molar-refractivity contribution in [3.8, 4) is 6.07 Å². The Morgan fingerprint density at radius 2 is 1.62 bits per heavy atom. The van der Waals surface area contributed by atoms with Gasteiger partial charge in [-0.3, -0.25) is 5.32 Å². The molecule has 1 aliphatic carbocycles. The monoisotopic (exact) mass is 296 g/mol. The summed E-state index contributed by atoms with van der Waals surface area (Å²) in [4.78, 5) is 0. The normalized spacial score (nSPS) is 18.8. The van der Waals surface area contributed by atoms with E-state index in [9.17, 15) is 18.4 Å². The average molecular weight is 296 g/mol. The lowest BCUT2D eigenvalue weighted by Crippen LogP contribution is -2.31. The zero-order valence-corrected chi connectivity index (χ0v) is 11.8. The van der Waals surface area contributed by atoms with Crippen LogP contribution in [0.15, 0.2) is 24.3 Å². The van der Waals surface area contributed by atoms with Crippen LogP contribution >= 0.6 is 0 Å². The first kappa shape index (κ1) is 15.8. The molecule has 0 heterocycles. The minimum atomic E-state index is -4.34. The van der Waals surface area contributed by atoms with Crippen LogP contribution in [0.4, 0.5) is 13.2 Å². The van der Waals surface area contributed by atoms with Crippen molar-refractivity contribution in [2.75, 3.05) is 0 Å². The second-order valence-electron chi connectivity index (χ2n) is 5.54. The van der Waals surface area contributed by atoms with E-state index in [0.29, 0.717) is 5.56 Å². The molecular formula is C16H19F3N2. The topological polar surface area (TPSA) is 35.8 Å². The summed E-state index contributed by atoms with van der Waals surface area (Å²) in [5.41, 5.74) is -0.0906. The Kier molecular flexibility index (Phi) is 5.24. The highest BCUT2D eigenvalue weighted by atomic mass is 19.4. The predicted octanol–water partition coefficient (Wildman–Crippen LogP) is 4.58. The first-order valence-corrected chi connectivity index (χ1v) is 7.33. The molecular weight excluding hydrogens is 277 g/mol. The highest BCUT2D eigenvalue weighted by molar-refractivity contribution is 5.29. The van der Waals surface area contributed by atoms with Gasteiger partial charge in [-0.05, 0) is 30.5 Å². The van der Waals surface area contributed by atoms with Crippen LogP contribution in [0.2, 0.25) is 0 Å². The van der Waals surface area contributed by atoms with E-state index in [1.165, 1.54) is 25.0 Å². The zero-order chi connectivity index (χ0) is 15.3. The molecule has 0 aliphatic heterocycles. The van der Waals surface area contributed by atoms with Crippen molar-refractivity contribution in [1.82, 2.24) is 5.32 Å². The summed E-state index contributed by atoms with van der Waals surface area (Å²) in [6, 6.07) is 6.73. The largest absolute Gasteiger partial charge is 0.416 e. The second kappa shape index (κ2) is 6.95. The van der Waals surface area contributed by atoms with Crippen LogP contribution in [0.1, 0.15) is 55.7 Å². The smallest absolute Gasteiger partial charge is 0.295 e. The van der Waals surface area contributed by atoms with Crippen LogP contribution in [0, 0.1) is 11.3 Å². The fraction of sp³-hybridized carbons (Fsp3) is 0.562. The number of nitrogens with one attached hydrogen (secondary N) is 1. The van der Waals surface area contributed by atoms with E-state index in [2.05, 4.69) is 11.4 Å². The van der Waals surface area contributed by atoms with Gasteiger partial charge in [0.1, 0.15) is 6.04 Å². The molecule has 0 radical (unpaired) electrons. The molecule has 2 nitrogen and oxygen atoms in total. The van der Waals surface area contributed by atoms with E-state index in [4.69, 9.17) is 0 Å². The summed E-state index contributed by atoms with van der Waals surface area (Å²) < 4.78 is 37.6. The predicted molar refractivity (Wildman–Crippen MR) is 74.4 cm³/mol. The molecule has 1 aliphatic rings. The lowest BCUT2D eigenvalue weighted by molar-refractivity contribution is -0.137. The van der Waals surface area contributed by atoms with Crippen molar-refractivity contribution in [2.45, 2.75) is 56.8 Å². The highest BCUT2D eigenvalue weighted by Gasteiger charge is 2.30. The molecule has 0 amide bonds. The number of hydrogen-bond acceptors (Lipinski definition) is 2. The number of alkyl halides is 3. The molecule has 1 fully saturated rings. The highest BCUT2D eigenvalue weighted by Crippen LogP contribution is 2.30. The van der Waals surface area contributed by atoms with Crippen molar-refractivity contribution < 1.29 is 13.2 Å². The van der Waals surface area contributed by atoms with Gasteiger partial charge in [0, 0.05) is 6.04 Å². The minimum Gasteiger partial charge on any atom is -0.295 e. The van der Waals surface area contributed by atoms with Gasteiger partial charge in [0.2, 0.25) is 0 Å². The van der Waals surface area contributed by atoms with E-state index < -0.39 is 17.8 Å². The van der Waals surface area contributed by atoms with Gasteiger partial charge >= 0.3 is 6.18 Å². The van der Waals surface area contributed by atoms with Crippen LogP contribution in [0.25, 0.3) is 0 Å². The Hall–Kier alpha value is -1.54. The first-order valence-electron chi connectivity index (χ1n) is 7.33. The maximum Gasteiger partial charge on any atom is 0.416 e. The SMILES string of the molecule is N#CC(NC1CCCCCC1)c1ccc(C(F)(F)F)cc1. The van der Waals surface area contributed by atoms with Gasteiger partial charge in [-0.2, -0.15) is 18.4 Å². The summed E-state index contributed by atoms with van der Waals surface area (Å²) >= 11 is 0. The summed E-state index contributed by atoms with van der Waals surface area (Å²) in [5.74, 6) is 0. The molecule has 2 rings (SSSR count).